The van der Waals surface area contributed by atoms with Gasteiger partial charge in [0.2, 0.25) is 0 Å². The lowest BCUT2D eigenvalue weighted by molar-refractivity contribution is -0.167. The van der Waals surface area contributed by atoms with Gasteiger partial charge in [-0.3, -0.25) is 14.4 Å². The Hall–Kier alpha value is -3.93. The maximum Gasteiger partial charge on any atom is 0.306 e. The van der Waals surface area contributed by atoms with Gasteiger partial charge in [0.05, 0.1) is 0 Å². The van der Waals surface area contributed by atoms with Crippen LogP contribution in [0.2, 0.25) is 0 Å². The van der Waals surface area contributed by atoms with Crippen molar-refractivity contribution in [3.05, 3.63) is 109 Å². The van der Waals surface area contributed by atoms with Crippen LogP contribution in [0.1, 0.15) is 329 Å². The molecule has 6 heteroatoms. The molecule has 0 saturated carbocycles. The second-order valence-corrected chi connectivity index (χ2v) is 22.7. The molecule has 464 valence electrons. The first-order valence-corrected chi connectivity index (χ1v) is 34.4. The summed E-state index contributed by atoms with van der Waals surface area (Å²) in [5.74, 6) is -0.893. The number of hydrogen-bond acceptors (Lipinski definition) is 6. The molecule has 0 aliphatic rings. The van der Waals surface area contributed by atoms with Crippen LogP contribution in [0, 0.1) is 0 Å². The van der Waals surface area contributed by atoms with Crippen LogP contribution in [0.3, 0.4) is 0 Å². The molecule has 0 aromatic rings. The summed E-state index contributed by atoms with van der Waals surface area (Å²) in [6.07, 6.45) is 93.8. The minimum atomic E-state index is -0.789. The number of carbonyl (C=O) groups excluding carboxylic acids is 3. The van der Waals surface area contributed by atoms with Gasteiger partial charge in [0.1, 0.15) is 13.2 Å². The van der Waals surface area contributed by atoms with Crippen molar-refractivity contribution >= 4 is 17.9 Å². The Labute approximate surface area is 501 Å². The first-order valence-electron chi connectivity index (χ1n) is 34.4. The van der Waals surface area contributed by atoms with E-state index in [0.717, 1.165) is 128 Å². The van der Waals surface area contributed by atoms with Gasteiger partial charge in [0, 0.05) is 19.3 Å². The summed E-state index contributed by atoms with van der Waals surface area (Å²) in [5, 5.41) is 0. The largest absolute Gasteiger partial charge is 0.462 e. The molecule has 0 saturated heterocycles. The second kappa shape index (κ2) is 68.6. The van der Waals surface area contributed by atoms with Crippen molar-refractivity contribution in [1.82, 2.24) is 0 Å². The Morgan fingerprint density at radius 2 is 0.481 bits per heavy atom. The van der Waals surface area contributed by atoms with E-state index in [1.807, 2.05) is 0 Å². The fraction of sp³-hybridized carbons (Fsp3) is 0.720. The standard InChI is InChI=1S/C75H128O6/c1-4-7-10-13-16-19-22-25-27-29-31-33-35-36-37-38-40-41-43-45-47-50-53-56-59-62-65-68-74(77)80-71-72(70-79-73(76)67-64-61-58-55-52-49-24-21-18-15-12-9-6-3)81-75(78)69-66-63-60-57-54-51-48-46-44-42-39-34-32-30-28-26-23-20-17-14-11-8-5-2/h7,10,16,19,23,25-27,30-33,36-37,40-41,45,47,72H,4-6,8-9,11-15,17-18,20-22,24,28-29,34-35,38-39,42-44,46,48-71H2,1-3H3/b10-7-,19-16-,26-23-,27-25-,32-30-,33-31-,37-36-,41-40-,47-45-. The number of unbranched alkanes of at least 4 members (excludes halogenated alkanes) is 33. The molecule has 0 heterocycles. The predicted molar refractivity (Wildman–Crippen MR) is 353 cm³/mol. The molecule has 0 rings (SSSR count). The van der Waals surface area contributed by atoms with Crippen LogP contribution in [-0.4, -0.2) is 37.2 Å². The van der Waals surface area contributed by atoms with Gasteiger partial charge in [0.25, 0.3) is 0 Å². The highest BCUT2D eigenvalue weighted by molar-refractivity contribution is 5.71. The van der Waals surface area contributed by atoms with Gasteiger partial charge < -0.3 is 14.2 Å². The summed E-state index contributed by atoms with van der Waals surface area (Å²) >= 11 is 0. The van der Waals surface area contributed by atoms with Crippen LogP contribution < -0.4 is 0 Å². The first kappa shape index (κ1) is 77.1. The normalized spacial score (nSPS) is 12.8. The van der Waals surface area contributed by atoms with Crippen molar-refractivity contribution in [3.8, 4) is 0 Å². The van der Waals surface area contributed by atoms with E-state index in [9.17, 15) is 14.4 Å². The molecule has 0 spiro atoms. The van der Waals surface area contributed by atoms with Crippen LogP contribution in [0.25, 0.3) is 0 Å². The van der Waals surface area contributed by atoms with Crippen molar-refractivity contribution in [1.29, 1.82) is 0 Å². The van der Waals surface area contributed by atoms with Crippen LogP contribution in [0.4, 0.5) is 0 Å². The van der Waals surface area contributed by atoms with Crippen molar-refractivity contribution in [2.45, 2.75) is 335 Å². The molecule has 0 N–H and O–H groups in total. The van der Waals surface area contributed by atoms with Crippen LogP contribution in [0.15, 0.2) is 109 Å². The summed E-state index contributed by atoms with van der Waals surface area (Å²) in [5.41, 5.74) is 0. The van der Waals surface area contributed by atoms with E-state index in [-0.39, 0.29) is 31.1 Å². The fourth-order valence-electron chi connectivity index (χ4n) is 9.63. The van der Waals surface area contributed by atoms with E-state index < -0.39 is 6.10 Å². The van der Waals surface area contributed by atoms with Gasteiger partial charge >= 0.3 is 17.9 Å². The second-order valence-electron chi connectivity index (χ2n) is 22.7. The van der Waals surface area contributed by atoms with Gasteiger partial charge in [-0.2, -0.15) is 0 Å². The maximum atomic E-state index is 12.9. The van der Waals surface area contributed by atoms with Gasteiger partial charge in [0.15, 0.2) is 6.10 Å². The van der Waals surface area contributed by atoms with Crippen LogP contribution >= 0.6 is 0 Å². The Morgan fingerprint density at radius 3 is 0.753 bits per heavy atom. The summed E-state index contributed by atoms with van der Waals surface area (Å²) in [4.78, 5) is 38.4. The molecule has 6 nitrogen and oxygen atoms in total. The zero-order chi connectivity index (χ0) is 58.5. The number of rotatable bonds is 62. The number of esters is 3. The summed E-state index contributed by atoms with van der Waals surface area (Å²) in [6.45, 7) is 6.53. The third-order valence-electron chi connectivity index (χ3n) is 14.8. The van der Waals surface area contributed by atoms with E-state index in [4.69, 9.17) is 14.2 Å². The van der Waals surface area contributed by atoms with Crippen molar-refractivity contribution in [2.75, 3.05) is 13.2 Å². The minimum absolute atomic E-state index is 0.0829. The third-order valence-corrected chi connectivity index (χ3v) is 14.8. The molecule has 0 fully saturated rings. The lowest BCUT2D eigenvalue weighted by Crippen LogP contribution is -2.30. The third kappa shape index (κ3) is 66.8. The van der Waals surface area contributed by atoms with E-state index in [2.05, 4.69) is 130 Å². The lowest BCUT2D eigenvalue weighted by Gasteiger charge is -2.18. The Bertz CT molecular complexity index is 1620. The van der Waals surface area contributed by atoms with E-state index in [0.29, 0.717) is 19.3 Å². The Balaban J connectivity index is 4.36. The van der Waals surface area contributed by atoms with Crippen molar-refractivity contribution in [3.63, 3.8) is 0 Å². The van der Waals surface area contributed by atoms with Gasteiger partial charge in [-0.05, 0) is 109 Å². The predicted octanol–water partition coefficient (Wildman–Crippen LogP) is 23.8. The molecule has 0 amide bonds. The zero-order valence-corrected chi connectivity index (χ0v) is 53.3. The van der Waals surface area contributed by atoms with Gasteiger partial charge in [-0.25, -0.2) is 0 Å². The molecule has 1 unspecified atom stereocenters. The number of hydrogen-bond donors (Lipinski definition) is 0. The highest BCUT2D eigenvalue weighted by Gasteiger charge is 2.19. The summed E-state index contributed by atoms with van der Waals surface area (Å²) in [7, 11) is 0. The lowest BCUT2D eigenvalue weighted by atomic mass is 10.0. The highest BCUT2D eigenvalue weighted by atomic mass is 16.6. The number of carbonyl (C=O) groups is 3. The topological polar surface area (TPSA) is 78.9 Å². The van der Waals surface area contributed by atoms with Crippen LogP contribution in [-0.2, 0) is 28.6 Å². The van der Waals surface area contributed by atoms with Crippen molar-refractivity contribution < 1.29 is 28.6 Å². The maximum absolute atomic E-state index is 12.9. The summed E-state index contributed by atoms with van der Waals surface area (Å²) in [6, 6.07) is 0. The molecule has 0 aromatic carbocycles. The van der Waals surface area contributed by atoms with E-state index in [1.54, 1.807) is 0 Å². The quantitative estimate of drug-likeness (QED) is 0.0261. The first-order chi connectivity index (χ1) is 40.0. The summed E-state index contributed by atoms with van der Waals surface area (Å²) < 4.78 is 17.0. The molecular formula is C75H128O6. The molecule has 81 heavy (non-hydrogen) atoms. The van der Waals surface area contributed by atoms with Gasteiger partial charge in [-0.15, -0.1) is 0 Å². The highest BCUT2D eigenvalue weighted by Crippen LogP contribution is 2.17. The zero-order valence-electron chi connectivity index (χ0n) is 53.3. The SMILES string of the molecule is CC/C=C\C/C=C\C/C=C\C/C=C\C/C=C\C/C=C\C/C=C\CCCCCCCC(=O)OCC(COC(=O)CCCCCCCCCCCCCCC)OC(=O)CCCCCCCCCCCCC/C=C\C/C=C\CCCCCCC. The average Bonchev–Trinajstić information content (AvgIpc) is 3.46. The molecule has 0 aromatic heterocycles. The van der Waals surface area contributed by atoms with Crippen LogP contribution in [0.5, 0.6) is 0 Å². The molecule has 0 aliphatic heterocycles. The van der Waals surface area contributed by atoms with Gasteiger partial charge in [-0.1, -0.05) is 310 Å². The minimum Gasteiger partial charge on any atom is -0.462 e. The van der Waals surface area contributed by atoms with E-state index >= 15 is 0 Å². The Kier molecular flexibility index (Phi) is 65.2. The Morgan fingerprint density at radius 1 is 0.259 bits per heavy atom. The smallest absolute Gasteiger partial charge is 0.306 e. The molecule has 0 aliphatic carbocycles. The van der Waals surface area contributed by atoms with E-state index in [1.165, 1.54) is 161 Å². The average molecular weight is 1130 g/mol. The number of allylic oxidation sites excluding steroid dienone is 18. The molecule has 0 radical (unpaired) electrons. The molecule has 0 bridgehead atoms. The molecule has 1 atom stereocenters. The number of ether oxygens (including phenoxy) is 3. The van der Waals surface area contributed by atoms with Crippen molar-refractivity contribution in [2.24, 2.45) is 0 Å². The molecular weight excluding hydrogens is 997 g/mol. The fourth-order valence-corrected chi connectivity index (χ4v) is 9.63. The monoisotopic (exact) mass is 1120 g/mol.